The highest BCUT2D eigenvalue weighted by Crippen LogP contribution is 2.18. The fraction of sp³-hybridized carbons (Fsp3) is 0.182. The van der Waals surface area contributed by atoms with Crippen LogP contribution in [0, 0.1) is 13.8 Å². The molecule has 82 valence electrons. The Morgan fingerprint density at radius 2 is 2.12 bits per heavy atom. The molecule has 16 heavy (non-hydrogen) atoms. The second kappa shape index (κ2) is 3.77. The molecule has 5 nitrogen and oxygen atoms in total. The molecule has 2 rings (SSSR count). The highest BCUT2D eigenvalue weighted by atomic mass is 16.1. The molecule has 1 heterocycles. The molecule has 1 aromatic carbocycles. The van der Waals surface area contributed by atoms with Crippen molar-refractivity contribution in [1.29, 1.82) is 0 Å². The first-order chi connectivity index (χ1) is 7.59. The summed E-state index contributed by atoms with van der Waals surface area (Å²) in [5, 5.41) is 4.01. The van der Waals surface area contributed by atoms with Crippen LogP contribution in [0.4, 0.5) is 0 Å². The maximum Gasteiger partial charge on any atom is 0.249 e. The number of aryl methyl sites for hydroxylation is 1. The van der Waals surface area contributed by atoms with E-state index in [0.29, 0.717) is 5.56 Å². The molecule has 0 unspecified atom stereocenters. The van der Waals surface area contributed by atoms with Gasteiger partial charge in [-0.15, -0.1) is 0 Å². The molecular weight excluding hydrogens is 204 g/mol. The van der Waals surface area contributed by atoms with Gasteiger partial charge >= 0.3 is 0 Å². The summed E-state index contributed by atoms with van der Waals surface area (Å²) in [4.78, 5) is 15.1. The lowest BCUT2D eigenvalue weighted by atomic mass is 10.0. The van der Waals surface area contributed by atoms with Gasteiger partial charge in [0.2, 0.25) is 5.91 Å². The number of aromatic nitrogens is 3. The van der Waals surface area contributed by atoms with E-state index in [9.17, 15) is 4.79 Å². The summed E-state index contributed by atoms with van der Waals surface area (Å²) < 4.78 is 1.60. The topological polar surface area (TPSA) is 73.8 Å². The minimum Gasteiger partial charge on any atom is -0.366 e. The maximum absolute atomic E-state index is 11.3. The standard InChI is InChI=1S/C11H12N4O/c1-7-3-9(15-6-13-5-14-15)4-10(8(7)2)11(12)16/h3-6H,1-2H3,(H2,12,16). The van der Waals surface area contributed by atoms with Gasteiger partial charge in [-0.2, -0.15) is 5.10 Å². The molecule has 0 atom stereocenters. The Balaban J connectivity index is 2.62. The molecule has 0 aliphatic carbocycles. The molecule has 0 aliphatic heterocycles. The van der Waals surface area contributed by atoms with Gasteiger partial charge in [0.1, 0.15) is 12.7 Å². The zero-order valence-electron chi connectivity index (χ0n) is 9.14. The molecule has 0 bridgehead atoms. The number of benzene rings is 1. The van der Waals surface area contributed by atoms with Gasteiger partial charge in [-0.1, -0.05) is 0 Å². The fourth-order valence-corrected chi connectivity index (χ4v) is 1.57. The van der Waals surface area contributed by atoms with Crippen LogP contribution < -0.4 is 5.73 Å². The molecule has 0 radical (unpaired) electrons. The van der Waals surface area contributed by atoms with E-state index in [2.05, 4.69) is 10.1 Å². The second-order valence-corrected chi connectivity index (χ2v) is 3.64. The Kier molecular flexibility index (Phi) is 2.44. The molecule has 0 saturated heterocycles. The molecule has 2 aromatic rings. The number of rotatable bonds is 2. The Labute approximate surface area is 92.9 Å². The van der Waals surface area contributed by atoms with E-state index in [-0.39, 0.29) is 0 Å². The van der Waals surface area contributed by atoms with Gasteiger partial charge in [-0.25, -0.2) is 9.67 Å². The number of carbonyl (C=O) groups is 1. The maximum atomic E-state index is 11.3. The van der Waals surface area contributed by atoms with Crippen LogP contribution in [-0.2, 0) is 0 Å². The van der Waals surface area contributed by atoms with Gasteiger partial charge in [-0.3, -0.25) is 4.79 Å². The summed E-state index contributed by atoms with van der Waals surface area (Å²) in [6, 6.07) is 3.66. The van der Waals surface area contributed by atoms with Crippen LogP contribution >= 0.6 is 0 Å². The van der Waals surface area contributed by atoms with E-state index in [1.165, 1.54) is 6.33 Å². The molecule has 5 heteroatoms. The monoisotopic (exact) mass is 216 g/mol. The summed E-state index contributed by atoms with van der Waals surface area (Å²) in [5.41, 5.74) is 8.53. The summed E-state index contributed by atoms with van der Waals surface area (Å²) in [6.07, 6.45) is 3.02. The van der Waals surface area contributed by atoms with Crippen LogP contribution in [-0.4, -0.2) is 20.7 Å². The van der Waals surface area contributed by atoms with E-state index in [1.54, 1.807) is 17.1 Å². The van der Waals surface area contributed by atoms with Crippen molar-refractivity contribution in [3.63, 3.8) is 0 Å². The highest BCUT2D eigenvalue weighted by Gasteiger charge is 2.10. The normalized spacial score (nSPS) is 10.4. The van der Waals surface area contributed by atoms with E-state index in [4.69, 9.17) is 5.73 Å². The number of nitrogens with zero attached hydrogens (tertiary/aromatic N) is 3. The minimum absolute atomic E-state index is 0.428. The number of carbonyl (C=O) groups excluding carboxylic acids is 1. The van der Waals surface area contributed by atoms with E-state index < -0.39 is 5.91 Å². The second-order valence-electron chi connectivity index (χ2n) is 3.64. The largest absolute Gasteiger partial charge is 0.366 e. The van der Waals surface area contributed by atoms with Crippen LogP contribution in [0.15, 0.2) is 24.8 Å². The van der Waals surface area contributed by atoms with E-state index in [1.807, 2.05) is 19.9 Å². The number of amides is 1. The summed E-state index contributed by atoms with van der Waals surface area (Å²) in [5.74, 6) is -0.428. The zero-order chi connectivity index (χ0) is 11.7. The average molecular weight is 216 g/mol. The Morgan fingerprint density at radius 3 is 2.69 bits per heavy atom. The smallest absolute Gasteiger partial charge is 0.249 e. The molecule has 0 spiro atoms. The minimum atomic E-state index is -0.428. The molecule has 1 amide bonds. The van der Waals surface area contributed by atoms with Crippen LogP contribution in [0.3, 0.4) is 0 Å². The van der Waals surface area contributed by atoms with Crippen molar-refractivity contribution in [2.75, 3.05) is 0 Å². The van der Waals surface area contributed by atoms with Crippen molar-refractivity contribution in [2.45, 2.75) is 13.8 Å². The molecule has 0 aliphatic rings. The number of hydrogen-bond donors (Lipinski definition) is 1. The predicted molar refractivity (Wildman–Crippen MR) is 59.4 cm³/mol. The highest BCUT2D eigenvalue weighted by molar-refractivity contribution is 5.95. The number of primary amides is 1. The van der Waals surface area contributed by atoms with Crippen molar-refractivity contribution >= 4 is 5.91 Å². The molecule has 2 N–H and O–H groups in total. The van der Waals surface area contributed by atoms with Gasteiger partial charge in [0, 0.05) is 5.56 Å². The average Bonchev–Trinajstić information content (AvgIpc) is 2.74. The first-order valence-electron chi connectivity index (χ1n) is 4.85. The van der Waals surface area contributed by atoms with Crippen LogP contribution in [0.25, 0.3) is 5.69 Å². The van der Waals surface area contributed by atoms with Crippen LogP contribution in [0.1, 0.15) is 21.5 Å². The third-order valence-corrected chi connectivity index (χ3v) is 2.60. The van der Waals surface area contributed by atoms with Gasteiger partial charge in [0.15, 0.2) is 0 Å². The Bertz CT molecular complexity index is 531. The molecule has 0 saturated carbocycles. The van der Waals surface area contributed by atoms with E-state index in [0.717, 1.165) is 16.8 Å². The quantitative estimate of drug-likeness (QED) is 0.813. The lowest BCUT2D eigenvalue weighted by Gasteiger charge is -2.09. The number of nitrogens with two attached hydrogens (primary N) is 1. The van der Waals surface area contributed by atoms with Gasteiger partial charge < -0.3 is 5.73 Å². The van der Waals surface area contributed by atoms with Gasteiger partial charge in [0.25, 0.3) is 0 Å². The molecule has 1 aromatic heterocycles. The fourth-order valence-electron chi connectivity index (χ4n) is 1.57. The van der Waals surface area contributed by atoms with E-state index >= 15 is 0 Å². The predicted octanol–water partition coefficient (Wildman–Crippen LogP) is 0.983. The summed E-state index contributed by atoms with van der Waals surface area (Å²) >= 11 is 0. The SMILES string of the molecule is Cc1cc(-n2cncn2)cc(C(N)=O)c1C. The summed E-state index contributed by atoms with van der Waals surface area (Å²) in [6.45, 7) is 3.81. The van der Waals surface area contributed by atoms with Gasteiger partial charge in [0.05, 0.1) is 5.69 Å². The third kappa shape index (κ3) is 1.67. The first kappa shape index (κ1) is 10.4. The Morgan fingerprint density at radius 1 is 1.38 bits per heavy atom. The van der Waals surface area contributed by atoms with Crippen LogP contribution in [0.2, 0.25) is 0 Å². The van der Waals surface area contributed by atoms with Crippen molar-refractivity contribution in [3.8, 4) is 5.69 Å². The van der Waals surface area contributed by atoms with Crippen molar-refractivity contribution in [1.82, 2.24) is 14.8 Å². The summed E-state index contributed by atoms with van der Waals surface area (Å²) in [7, 11) is 0. The van der Waals surface area contributed by atoms with Gasteiger partial charge in [-0.05, 0) is 37.1 Å². The third-order valence-electron chi connectivity index (χ3n) is 2.60. The molecule has 0 fully saturated rings. The van der Waals surface area contributed by atoms with Crippen LogP contribution in [0.5, 0.6) is 0 Å². The lowest BCUT2D eigenvalue weighted by Crippen LogP contribution is -2.14. The number of hydrogen-bond acceptors (Lipinski definition) is 3. The zero-order valence-corrected chi connectivity index (χ0v) is 9.14. The van der Waals surface area contributed by atoms with Crippen molar-refractivity contribution in [2.24, 2.45) is 5.73 Å². The molecular formula is C11H12N4O. The lowest BCUT2D eigenvalue weighted by molar-refractivity contribution is 0.0999. The van der Waals surface area contributed by atoms with Crippen molar-refractivity contribution in [3.05, 3.63) is 41.5 Å². The first-order valence-corrected chi connectivity index (χ1v) is 4.85. The Hall–Kier alpha value is -2.17. The van der Waals surface area contributed by atoms with Crippen molar-refractivity contribution < 1.29 is 4.79 Å².